The van der Waals surface area contributed by atoms with Crippen molar-refractivity contribution in [1.29, 1.82) is 0 Å². The Bertz CT molecular complexity index is 1410. The fourth-order valence-electron chi connectivity index (χ4n) is 4.71. The molecule has 6 nitrogen and oxygen atoms in total. The lowest BCUT2D eigenvalue weighted by atomic mass is 9.72. The maximum Gasteiger partial charge on any atom is 0.164 e. The third-order valence-corrected chi connectivity index (χ3v) is 6.80. The van der Waals surface area contributed by atoms with E-state index in [2.05, 4.69) is 71.7 Å². The van der Waals surface area contributed by atoms with Gasteiger partial charge in [-0.2, -0.15) is 10.2 Å². The number of nitrogens with two attached hydrogens (primary N) is 1. The topological polar surface area (TPSA) is 84.9 Å². The Morgan fingerprint density at radius 1 is 1.00 bits per heavy atom. The smallest absolute Gasteiger partial charge is 0.164 e. The summed E-state index contributed by atoms with van der Waals surface area (Å²) in [5, 5.41) is 12.3. The molecule has 3 aromatic heterocycles. The van der Waals surface area contributed by atoms with Crippen LogP contribution in [0.4, 0.5) is 0 Å². The molecule has 164 valence electrons. The summed E-state index contributed by atoms with van der Waals surface area (Å²) < 4.78 is 1.98. The van der Waals surface area contributed by atoms with Gasteiger partial charge in [0, 0.05) is 28.4 Å². The summed E-state index contributed by atoms with van der Waals surface area (Å²) in [6, 6.07) is 23.0. The van der Waals surface area contributed by atoms with Gasteiger partial charge in [-0.25, -0.2) is 9.50 Å². The summed E-state index contributed by atoms with van der Waals surface area (Å²) in [5.41, 5.74) is 15.2. The SMILES string of the molecule is CCc1cc(-c2cc[nH]n2)c2nc(-c3ccc(C4(N)CCC4)cc3)c(-c3ccccc3)n2n1. The second kappa shape index (κ2) is 7.67. The Balaban J connectivity index is 1.60. The molecular formula is C27H26N6. The van der Waals surface area contributed by atoms with Gasteiger partial charge in [-0.05, 0) is 43.4 Å². The number of imidazole rings is 1. The van der Waals surface area contributed by atoms with Crippen molar-refractivity contribution >= 4 is 5.65 Å². The normalized spacial score (nSPS) is 15.0. The van der Waals surface area contributed by atoms with Crippen LogP contribution in [0, 0.1) is 0 Å². The molecule has 2 aromatic carbocycles. The Morgan fingerprint density at radius 2 is 1.79 bits per heavy atom. The molecule has 1 aliphatic carbocycles. The van der Waals surface area contributed by atoms with E-state index in [1.54, 1.807) is 0 Å². The molecule has 0 bridgehead atoms. The van der Waals surface area contributed by atoms with E-state index in [9.17, 15) is 0 Å². The molecule has 0 unspecified atom stereocenters. The summed E-state index contributed by atoms with van der Waals surface area (Å²) in [6.07, 6.45) is 5.95. The predicted molar refractivity (Wildman–Crippen MR) is 131 cm³/mol. The molecule has 1 aliphatic rings. The first-order chi connectivity index (χ1) is 16.2. The fourth-order valence-corrected chi connectivity index (χ4v) is 4.71. The lowest BCUT2D eigenvalue weighted by Crippen LogP contribution is -2.43. The van der Waals surface area contributed by atoms with Gasteiger partial charge in [0.1, 0.15) is 5.69 Å². The molecule has 0 radical (unpaired) electrons. The summed E-state index contributed by atoms with van der Waals surface area (Å²) in [4.78, 5) is 5.13. The van der Waals surface area contributed by atoms with Crippen molar-refractivity contribution in [2.45, 2.75) is 38.1 Å². The number of hydrogen-bond donors (Lipinski definition) is 2. The highest BCUT2D eigenvalue weighted by Crippen LogP contribution is 2.40. The highest BCUT2D eigenvalue weighted by atomic mass is 15.3. The van der Waals surface area contributed by atoms with E-state index >= 15 is 0 Å². The molecule has 6 rings (SSSR count). The molecule has 0 atom stereocenters. The van der Waals surface area contributed by atoms with Crippen LogP contribution in [-0.2, 0) is 12.0 Å². The fraction of sp³-hybridized carbons (Fsp3) is 0.222. The number of fused-ring (bicyclic) bond motifs is 1. The predicted octanol–water partition coefficient (Wildman–Crippen LogP) is 5.35. The van der Waals surface area contributed by atoms with E-state index in [-0.39, 0.29) is 5.54 Å². The van der Waals surface area contributed by atoms with Crippen LogP contribution in [0.5, 0.6) is 0 Å². The molecule has 5 aromatic rings. The minimum atomic E-state index is -0.176. The summed E-state index contributed by atoms with van der Waals surface area (Å²) in [5.74, 6) is 0. The highest BCUT2D eigenvalue weighted by molar-refractivity contribution is 5.86. The molecular weight excluding hydrogens is 408 g/mol. The molecule has 3 N–H and O–H groups in total. The van der Waals surface area contributed by atoms with Crippen molar-refractivity contribution in [2.24, 2.45) is 5.73 Å². The van der Waals surface area contributed by atoms with Crippen LogP contribution in [0.2, 0.25) is 0 Å². The van der Waals surface area contributed by atoms with Crippen LogP contribution >= 0.6 is 0 Å². The molecule has 6 heteroatoms. The number of aryl methyl sites for hydroxylation is 1. The molecule has 1 saturated carbocycles. The summed E-state index contributed by atoms with van der Waals surface area (Å²) in [6.45, 7) is 2.12. The lowest BCUT2D eigenvalue weighted by molar-refractivity contribution is 0.253. The van der Waals surface area contributed by atoms with Crippen LogP contribution in [0.15, 0.2) is 72.9 Å². The molecule has 0 spiro atoms. The average Bonchev–Trinajstić information content (AvgIpc) is 3.51. The van der Waals surface area contributed by atoms with Gasteiger partial charge < -0.3 is 5.73 Å². The quantitative estimate of drug-likeness (QED) is 0.390. The number of rotatable bonds is 5. The van der Waals surface area contributed by atoms with Crippen molar-refractivity contribution in [2.75, 3.05) is 0 Å². The van der Waals surface area contributed by atoms with Gasteiger partial charge in [-0.3, -0.25) is 5.10 Å². The van der Waals surface area contributed by atoms with Crippen molar-refractivity contribution in [3.8, 4) is 33.8 Å². The third kappa shape index (κ3) is 3.26. The number of benzene rings is 2. The highest BCUT2D eigenvalue weighted by Gasteiger charge is 2.34. The minimum absolute atomic E-state index is 0.176. The van der Waals surface area contributed by atoms with Gasteiger partial charge in [0.05, 0.1) is 17.1 Å². The van der Waals surface area contributed by atoms with E-state index in [4.69, 9.17) is 15.8 Å². The van der Waals surface area contributed by atoms with Crippen molar-refractivity contribution < 1.29 is 0 Å². The molecule has 1 fully saturated rings. The van der Waals surface area contributed by atoms with Crippen molar-refractivity contribution in [1.82, 2.24) is 24.8 Å². The maximum atomic E-state index is 6.56. The van der Waals surface area contributed by atoms with E-state index in [0.29, 0.717) is 0 Å². The zero-order valence-corrected chi connectivity index (χ0v) is 18.6. The van der Waals surface area contributed by atoms with Gasteiger partial charge in [-0.15, -0.1) is 0 Å². The van der Waals surface area contributed by atoms with Crippen LogP contribution in [0.1, 0.15) is 37.4 Å². The number of H-pyrrole nitrogens is 1. The number of aromatic amines is 1. The Kier molecular flexibility index (Phi) is 4.62. The monoisotopic (exact) mass is 434 g/mol. The third-order valence-electron chi connectivity index (χ3n) is 6.80. The van der Waals surface area contributed by atoms with E-state index in [0.717, 1.165) is 64.4 Å². The first-order valence-corrected chi connectivity index (χ1v) is 11.5. The number of aromatic nitrogens is 5. The lowest BCUT2D eigenvalue weighted by Gasteiger charge is -2.38. The zero-order valence-electron chi connectivity index (χ0n) is 18.6. The molecule has 3 heterocycles. The maximum absolute atomic E-state index is 6.56. The van der Waals surface area contributed by atoms with Gasteiger partial charge in [0.2, 0.25) is 0 Å². The number of nitrogens with zero attached hydrogens (tertiary/aromatic N) is 4. The van der Waals surface area contributed by atoms with E-state index < -0.39 is 0 Å². The van der Waals surface area contributed by atoms with Crippen LogP contribution in [-0.4, -0.2) is 24.8 Å². The number of hydrogen-bond acceptors (Lipinski definition) is 4. The first kappa shape index (κ1) is 19.9. The Morgan fingerprint density at radius 3 is 2.42 bits per heavy atom. The van der Waals surface area contributed by atoms with Crippen molar-refractivity contribution in [3.63, 3.8) is 0 Å². The second-order valence-corrected chi connectivity index (χ2v) is 8.86. The van der Waals surface area contributed by atoms with Gasteiger partial charge in [0.25, 0.3) is 0 Å². The van der Waals surface area contributed by atoms with Gasteiger partial charge in [-0.1, -0.05) is 61.5 Å². The summed E-state index contributed by atoms with van der Waals surface area (Å²) in [7, 11) is 0. The molecule has 0 amide bonds. The largest absolute Gasteiger partial charge is 0.321 e. The van der Waals surface area contributed by atoms with Crippen LogP contribution < -0.4 is 5.73 Å². The number of nitrogens with one attached hydrogen (secondary N) is 1. The van der Waals surface area contributed by atoms with Gasteiger partial charge in [0.15, 0.2) is 5.65 Å². The van der Waals surface area contributed by atoms with Crippen molar-refractivity contribution in [3.05, 3.63) is 84.2 Å². The second-order valence-electron chi connectivity index (χ2n) is 8.86. The zero-order chi connectivity index (χ0) is 22.4. The molecule has 33 heavy (non-hydrogen) atoms. The van der Waals surface area contributed by atoms with Crippen LogP contribution in [0.3, 0.4) is 0 Å². The Labute approximate surface area is 192 Å². The van der Waals surface area contributed by atoms with E-state index in [1.165, 1.54) is 12.0 Å². The first-order valence-electron chi connectivity index (χ1n) is 11.5. The average molecular weight is 435 g/mol. The van der Waals surface area contributed by atoms with Gasteiger partial charge >= 0.3 is 0 Å². The standard InChI is InChI=1S/C27H26N6/c1-2-21-17-22(23-13-16-29-31-23)26-30-24(25(33(26)32-21)19-7-4-3-5-8-19)18-9-11-20(12-10-18)27(28)14-6-15-27/h3-5,7-13,16-17H,2,6,14-15,28H2,1H3,(H,29,31). The Hall–Kier alpha value is -3.77. The molecule has 0 aliphatic heterocycles. The summed E-state index contributed by atoms with van der Waals surface area (Å²) >= 11 is 0. The van der Waals surface area contributed by atoms with Crippen LogP contribution in [0.25, 0.3) is 39.4 Å². The minimum Gasteiger partial charge on any atom is -0.321 e. The van der Waals surface area contributed by atoms with E-state index in [1.807, 2.05) is 22.8 Å². The molecule has 0 saturated heterocycles.